The van der Waals surface area contributed by atoms with Crippen molar-refractivity contribution in [3.63, 3.8) is 0 Å². The molecule has 0 unspecified atom stereocenters. The molecule has 3 aromatic rings. The molecule has 0 atom stereocenters. The van der Waals surface area contributed by atoms with Crippen LogP contribution in [0.3, 0.4) is 0 Å². The van der Waals surface area contributed by atoms with E-state index in [0.717, 1.165) is 11.1 Å². The molecule has 0 bridgehead atoms. The average molecular weight is 428 g/mol. The highest BCUT2D eigenvalue weighted by Crippen LogP contribution is 2.23. The molecule has 0 aromatic heterocycles. The van der Waals surface area contributed by atoms with E-state index in [1.165, 1.54) is 0 Å². The maximum Gasteiger partial charge on any atom is 0.255 e. The zero-order chi connectivity index (χ0) is 22.8. The number of hydrogen-bond acceptors (Lipinski definition) is 6. The predicted octanol–water partition coefficient (Wildman–Crippen LogP) is 4.29. The van der Waals surface area contributed by atoms with Crippen LogP contribution < -0.4 is 20.5 Å². The zero-order valence-electron chi connectivity index (χ0n) is 16.9. The topological polar surface area (TPSA) is 159 Å². The smallest absolute Gasteiger partial charge is 0.255 e. The standard InChI is InChI=1S/C22H19N8O2/c23-29-25-13-15-5-9-17(10-6-15)21(31)27-19-3-1-2-4-20(19)28-22(32)18-11-7-16(8-12-18)14-26-30-24/h1-12,23H,13-14H2,(H2,24,26)/q+1/p+1. The van der Waals surface area contributed by atoms with Gasteiger partial charge in [-0.2, -0.15) is 0 Å². The lowest BCUT2D eigenvalue weighted by Gasteiger charge is -2.12. The van der Waals surface area contributed by atoms with Crippen LogP contribution in [0.2, 0.25) is 0 Å². The van der Waals surface area contributed by atoms with Gasteiger partial charge in [-0.3, -0.25) is 9.59 Å². The summed E-state index contributed by atoms with van der Waals surface area (Å²) in [5.74, 6) is -0.651. The van der Waals surface area contributed by atoms with E-state index in [2.05, 4.69) is 30.7 Å². The minimum atomic E-state index is -0.326. The number of rotatable bonds is 8. The molecule has 3 aromatic carbocycles. The number of nitrogens with zero attached hydrogens (tertiary/aromatic N) is 4. The van der Waals surface area contributed by atoms with Crippen LogP contribution in [0.25, 0.3) is 0 Å². The van der Waals surface area contributed by atoms with Crippen molar-refractivity contribution in [3.05, 3.63) is 95.1 Å². The van der Waals surface area contributed by atoms with Gasteiger partial charge in [-0.1, -0.05) is 36.4 Å². The summed E-state index contributed by atoms with van der Waals surface area (Å²) in [5.41, 5.74) is 16.9. The fourth-order valence-electron chi connectivity index (χ4n) is 2.85. The van der Waals surface area contributed by atoms with Crippen molar-refractivity contribution in [2.45, 2.75) is 13.1 Å². The van der Waals surface area contributed by atoms with Gasteiger partial charge in [-0.05, 0) is 47.5 Å². The number of amides is 2. The maximum atomic E-state index is 12.6. The van der Waals surface area contributed by atoms with E-state index in [1.807, 2.05) is 0 Å². The molecular formula is C22H20N8O2+2. The summed E-state index contributed by atoms with van der Waals surface area (Å²) >= 11 is 0. The van der Waals surface area contributed by atoms with E-state index >= 15 is 0 Å². The molecule has 158 valence electrons. The minimum Gasteiger partial charge on any atom is -0.320 e. The lowest BCUT2D eigenvalue weighted by atomic mass is 10.1. The van der Waals surface area contributed by atoms with Gasteiger partial charge in [0.1, 0.15) is 34.4 Å². The summed E-state index contributed by atoms with van der Waals surface area (Å²) in [7, 11) is 0. The van der Waals surface area contributed by atoms with Crippen molar-refractivity contribution in [1.29, 1.82) is 11.1 Å². The second kappa shape index (κ2) is 10.8. The second-order valence-electron chi connectivity index (χ2n) is 6.65. The Labute approximate surface area is 183 Å². The van der Waals surface area contributed by atoms with Crippen molar-refractivity contribution in [2.75, 3.05) is 10.6 Å². The number of carbonyl (C=O) groups is 2. The van der Waals surface area contributed by atoms with Gasteiger partial charge in [-0.15, -0.1) is 0 Å². The molecule has 0 aliphatic rings. The summed E-state index contributed by atoms with van der Waals surface area (Å²) in [6.07, 6.45) is 0. The molecule has 32 heavy (non-hydrogen) atoms. The van der Waals surface area contributed by atoms with Crippen LogP contribution in [-0.2, 0) is 13.1 Å². The molecule has 3 rings (SSSR count). The fourth-order valence-corrected chi connectivity index (χ4v) is 2.85. The van der Waals surface area contributed by atoms with Gasteiger partial charge < -0.3 is 10.6 Å². The number of carbonyl (C=O) groups excluding carboxylic acids is 2. The third kappa shape index (κ3) is 5.87. The number of anilines is 2. The molecule has 0 fully saturated rings. The third-order valence-electron chi connectivity index (χ3n) is 4.50. The maximum absolute atomic E-state index is 12.6. The predicted molar refractivity (Wildman–Crippen MR) is 117 cm³/mol. The first-order chi connectivity index (χ1) is 15.6. The summed E-state index contributed by atoms with van der Waals surface area (Å²) in [4.78, 5) is 31.2. The van der Waals surface area contributed by atoms with Gasteiger partial charge in [0.05, 0.1) is 11.4 Å². The van der Waals surface area contributed by atoms with Crippen molar-refractivity contribution in [1.82, 2.24) is 9.82 Å². The van der Waals surface area contributed by atoms with E-state index in [1.54, 1.807) is 72.8 Å². The molecule has 4 N–H and O–H groups in total. The molecule has 0 saturated heterocycles. The van der Waals surface area contributed by atoms with Crippen molar-refractivity contribution >= 4 is 23.2 Å². The highest BCUT2D eigenvalue weighted by Gasteiger charge is 2.12. The van der Waals surface area contributed by atoms with Crippen LogP contribution in [0.15, 0.2) is 83.0 Å². The van der Waals surface area contributed by atoms with E-state index < -0.39 is 0 Å². The largest absolute Gasteiger partial charge is 0.320 e. The van der Waals surface area contributed by atoms with Crippen LogP contribution in [0.4, 0.5) is 11.4 Å². The number of benzene rings is 3. The quantitative estimate of drug-likeness (QED) is 0.311. The van der Waals surface area contributed by atoms with Crippen LogP contribution in [0.5, 0.6) is 0 Å². The second-order valence-corrected chi connectivity index (χ2v) is 6.65. The van der Waals surface area contributed by atoms with Gasteiger partial charge in [0, 0.05) is 11.1 Å². The van der Waals surface area contributed by atoms with Crippen LogP contribution in [-0.4, -0.2) is 11.8 Å². The van der Waals surface area contributed by atoms with Gasteiger partial charge in [0.15, 0.2) is 0 Å². The molecular weight excluding hydrogens is 408 g/mol. The van der Waals surface area contributed by atoms with E-state index in [9.17, 15) is 9.59 Å². The Morgan fingerprint density at radius 2 is 1.03 bits per heavy atom. The first-order valence-corrected chi connectivity index (χ1v) is 9.57. The number of para-hydroxylation sites is 2. The summed E-state index contributed by atoms with van der Waals surface area (Å²) in [6, 6.07) is 20.5. The van der Waals surface area contributed by atoms with Gasteiger partial charge in [-0.25, -0.2) is 0 Å². The highest BCUT2D eigenvalue weighted by atomic mass is 16.2. The number of hydrogen-bond donors (Lipinski definition) is 4. The Bertz CT molecular complexity index is 1110. The van der Waals surface area contributed by atoms with Crippen molar-refractivity contribution in [3.8, 4) is 0 Å². The Hall–Kier alpha value is -4.78. The zero-order valence-corrected chi connectivity index (χ0v) is 16.9. The number of nitrogens with one attached hydrogen (secondary N) is 4. The van der Waals surface area contributed by atoms with Crippen LogP contribution in [0.1, 0.15) is 31.8 Å². The molecule has 10 nitrogen and oxygen atoms in total. The first kappa shape index (κ1) is 21.9. The fraction of sp³-hybridized carbons (Fsp3) is 0.0909. The summed E-state index contributed by atoms with van der Waals surface area (Å²) < 4.78 is 0. The lowest BCUT2D eigenvalue weighted by molar-refractivity contribution is 0.101. The van der Waals surface area contributed by atoms with Crippen LogP contribution >= 0.6 is 0 Å². The monoisotopic (exact) mass is 428 g/mol. The Balaban J connectivity index is 1.70. The highest BCUT2D eigenvalue weighted by molar-refractivity contribution is 6.09. The lowest BCUT2D eigenvalue weighted by Crippen LogP contribution is -2.16. The molecule has 10 heteroatoms. The minimum absolute atomic E-state index is 0.273. The molecule has 0 saturated carbocycles. The average Bonchev–Trinajstić information content (AvgIpc) is 2.83. The van der Waals surface area contributed by atoms with Gasteiger partial charge in [0.25, 0.3) is 11.8 Å². The molecule has 2 amide bonds. The Kier molecular flexibility index (Phi) is 7.43. The SMILES string of the molecule is N=[N+]=NCc1ccc(C(=O)Nc2ccccc2NC(=O)c2ccc(CN=[N+]=N)cc2)cc1. The van der Waals surface area contributed by atoms with E-state index in [4.69, 9.17) is 11.1 Å². The molecule has 0 aliphatic heterocycles. The molecule has 0 heterocycles. The first-order valence-electron chi connectivity index (χ1n) is 9.57. The van der Waals surface area contributed by atoms with Gasteiger partial charge in [0.2, 0.25) is 9.82 Å². The Morgan fingerprint density at radius 1 is 0.656 bits per heavy atom. The van der Waals surface area contributed by atoms with E-state index in [-0.39, 0.29) is 24.9 Å². The Morgan fingerprint density at radius 3 is 1.38 bits per heavy atom. The van der Waals surface area contributed by atoms with Crippen LogP contribution in [0, 0.1) is 11.1 Å². The normalized spacial score (nSPS) is 9.75. The molecule has 0 spiro atoms. The molecule has 0 radical (unpaired) electrons. The van der Waals surface area contributed by atoms with Gasteiger partial charge >= 0.3 is 0 Å². The third-order valence-corrected chi connectivity index (χ3v) is 4.50. The summed E-state index contributed by atoms with van der Waals surface area (Å²) in [5, 5.41) is 12.8. The van der Waals surface area contributed by atoms with E-state index in [0.29, 0.717) is 22.5 Å². The molecule has 0 aliphatic carbocycles. The summed E-state index contributed by atoms with van der Waals surface area (Å²) in [6.45, 7) is 0.547. The van der Waals surface area contributed by atoms with Crippen molar-refractivity contribution in [2.24, 2.45) is 10.2 Å². The van der Waals surface area contributed by atoms with Crippen molar-refractivity contribution < 1.29 is 9.59 Å².